The van der Waals surface area contributed by atoms with Crippen molar-refractivity contribution in [3.8, 4) is 17.6 Å². The molecule has 0 N–H and O–H groups in total. The molecule has 2 aromatic carbocycles. The highest BCUT2D eigenvalue weighted by Gasteiger charge is 2.21. The van der Waals surface area contributed by atoms with E-state index in [9.17, 15) is 4.79 Å². The lowest BCUT2D eigenvalue weighted by molar-refractivity contribution is 0.105. The molecule has 186 valence electrons. The minimum absolute atomic E-state index is 0.219. The third kappa shape index (κ3) is 9.05. The molecule has 0 radical (unpaired) electrons. The summed E-state index contributed by atoms with van der Waals surface area (Å²) < 4.78 is 10.9. The fraction of sp³-hybridized carbons (Fsp3) is 0.433. The molecular formula is C30H38N2O3. The third-order valence-electron chi connectivity index (χ3n) is 6.01. The molecule has 0 aliphatic carbocycles. The summed E-state index contributed by atoms with van der Waals surface area (Å²) in [5, 5.41) is 0. The summed E-state index contributed by atoms with van der Waals surface area (Å²) in [7, 11) is 0. The number of rotatable bonds is 10. The number of nitrogens with zero attached hydrogens (tertiary/aromatic N) is 2. The van der Waals surface area contributed by atoms with Crippen molar-refractivity contribution in [3.63, 3.8) is 0 Å². The topological polar surface area (TPSA) is 42.0 Å². The van der Waals surface area contributed by atoms with Gasteiger partial charge in [0.1, 0.15) is 5.75 Å². The van der Waals surface area contributed by atoms with Gasteiger partial charge in [0, 0.05) is 37.4 Å². The fourth-order valence-corrected chi connectivity index (χ4v) is 3.95. The average molecular weight is 475 g/mol. The van der Waals surface area contributed by atoms with Gasteiger partial charge in [-0.25, -0.2) is 4.79 Å². The number of unbranched alkanes of at least 4 members (excludes halogenated alkanes) is 4. The molecule has 1 heterocycles. The number of hydrogen-bond donors (Lipinski definition) is 0. The minimum Gasteiger partial charge on any atom is -0.494 e. The average Bonchev–Trinajstić information content (AvgIpc) is 2.90. The zero-order valence-electron chi connectivity index (χ0n) is 21.2. The second-order valence-electron chi connectivity index (χ2n) is 8.65. The van der Waals surface area contributed by atoms with E-state index < -0.39 is 0 Å². The van der Waals surface area contributed by atoms with Gasteiger partial charge in [0.2, 0.25) is 0 Å². The largest absolute Gasteiger partial charge is 0.494 e. The van der Waals surface area contributed by atoms with Crippen LogP contribution in [0.5, 0.6) is 5.75 Å². The standard InChI is InChI=1S/C30H38N2O3/c1-3-5-6-7-10-25-35-29-19-15-27(16-20-29)12-9-8-11-26-13-17-28(18-14-26)31-21-23-32(24-22-31)30(33)34-4-2/h9,12-20H,3-7,10,21-25H2,1-2H3/b12-9+. The molecule has 1 amide bonds. The zero-order chi connectivity index (χ0) is 24.7. The van der Waals surface area contributed by atoms with Crippen LogP contribution in [0.1, 0.15) is 57.1 Å². The molecule has 3 rings (SSSR count). The molecule has 1 fully saturated rings. The Balaban J connectivity index is 1.41. The van der Waals surface area contributed by atoms with E-state index >= 15 is 0 Å². The Morgan fingerprint density at radius 3 is 2.31 bits per heavy atom. The summed E-state index contributed by atoms with van der Waals surface area (Å²) >= 11 is 0. The number of hydrogen-bond acceptors (Lipinski definition) is 4. The number of piperazine rings is 1. The first-order chi connectivity index (χ1) is 17.2. The predicted molar refractivity (Wildman–Crippen MR) is 144 cm³/mol. The first kappa shape index (κ1) is 26.2. The van der Waals surface area contributed by atoms with Gasteiger partial charge in [0.15, 0.2) is 0 Å². The van der Waals surface area contributed by atoms with Gasteiger partial charge in [-0.05, 0) is 67.5 Å². The lowest BCUT2D eigenvalue weighted by Crippen LogP contribution is -2.49. The molecule has 0 bridgehead atoms. The first-order valence-electron chi connectivity index (χ1n) is 12.9. The van der Waals surface area contributed by atoms with E-state index in [1.54, 1.807) is 4.90 Å². The summed E-state index contributed by atoms with van der Waals surface area (Å²) in [6.07, 6.45) is 9.91. The van der Waals surface area contributed by atoms with E-state index in [-0.39, 0.29) is 6.09 Å². The van der Waals surface area contributed by atoms with Crippen LogP contribution in [0.4, 0.5) is 10.5 Å². The number of benzene rings is 2. The van der Waals surface area contributed by atoms with Crippen LogP contribution in [0, 0.1) is 11.8 Å². The Labute approximate surface area is 210 Å². The normalized spacial score (nSPS) is 13.4. The summed E-state index contributed by atoms with van der Waals surface area (Å²) in [5.74, 6) is 7.23. The Morgan fingerprint density at radius 2 is 1.63 bits per heavy atom. The second kappa shape index (κ2) is 14.8. The molecule has 0 aromatic heterocycles. The molecule has 0 unspecified atom stereocenters. The van der Waals surface area contributed by atoms with Gasteiger partial charge >= 0.3 is 6.09 Å². The lowest BCUT2D eigenvalue weighted by Gasteiger charge is -2.35. The van der Waals surface area contributed by atoms with Gasteiger partial charge < -0.3 is 19.3 Å². The molecule has 1 aliphatic heterocycles. The Hall–Kier alpha value is -3.39. The van der Waals surface area contributed by atoms with Crippen LogP contribution in [0.3, 0.4) is 0 Å². The lowest BCUT2D eigenvalue weighted by atomic mass is 10.1. The van der Waals surface area contributed by atoms with Crippen molar-refractivity contribution in [1.29, 1.82) is 0 Å². The van der Waals surface area contributed by atoms with E-state index in [1.165, 1.54) is 25.7 Å². The van der Waals surface area contributed by atoms with Crippen molar-refractivity contribution in [1.82, 2.24) is 4.90 Å². The SMILES string of the molecule is CCCCCCCOc1ccc(/C=C/C#Cc2ccc(N3CCN(C(=O)OCC)CC3)cc2)cc1. The molecule has 5 heteroatoms. The highest BCUT2D eigenvalue weighted by molar-refractivity contribution is 5.68. The van der Waals surface area contributed by atoms with Crippen molar-refractivity contribution in [2.45, 2.75) is 46.0 Å². The summed E-state index contributed by atoms with van der Waals surface area (Å²) in [4.78, 5) is 15.9. The molecule has 0 atom stereocenters. The van der Waals surface area contributed by atoms with Gasteiger partial charge in [-0.1, -0.05) is 56.6 Å². The predicted octanol–water partition coefficient (Wildman–Crippen LogP) is 6.38. The van der Waals surface area contributed by atoms with Gasteiger partial charge in [-0.15, -0.1) is 0 Å². The molecule has 1 aliphatic rings. The van der Waals surface area contributed by atoms with E-state index in [2.05, 4.69) is 47.9 Å². The Morgan fingerprint density at radius 1 is 0.914 bits per heavy atom. The van der Waals surface area contributed by atoms with Crippen LogP contribution in [0.25, 0.3) is 6.08 Å². The molecule has 5 nitrogen and oxygen atoms in total. The van der Waals surface area contributed by atoms with Crippen molar-refractivity contribution in [2.75, 3.05) is 44.3 Å². The summed E-state index contributed by atoms with van der Waals surface area (Å²) in [5.41, 5.74) is 3.23. The first-order valence-corrected chi connectivity index (χ1v) is 12.9. The maximum atomic E-state index is 11.9. The van der Waals surface area contributed by atoms with Crippen LogP contribution < -0.4 is 9.64 Å². The molecule has 2 aromatic rings. The highest BCUT2D eigenvalue weighted by Crippen LogP contribution is 2.18. The maximum absolute atomic E-state index is 11.9. The van der Waals surface area contributed by atoms with Crippen LogP contribution in [-0.4, -0.2) is 50.4 Å². The molecule has 35 heavy (non-hydrogen) atoms. The molecule has 0 spiro atoms. The van der Waals surface area contributed by atoms with E-state index in [0.29, 0.717) is 19.7 Å². The molecule has 1 saturated heterocycles. The van der Waals surface area contributed by atoms with Gasteiger partial charge in [0.05, 0.1) is 13.2 Å². The second-order valence-corrected chi connectivity index (χ2v) is 8.65. The number of ether oxygens (including phenoxy) is 2. The van der Waals surface area contributed by atoms with Gasteiger partial charge in [0.25, 0.3) is 0 Å². The molecular weight excluding hydrogens is 436 g/mol. The van der Waals surface area contributed by atoms with Crippen LogP contribution in [-0.2, 0) is 4.74 Å². The van der Waals surface area contributed by atoms with Crippen molar-refractivity contribution in [3.05, 3.63) is 65.7 Å². The van der Waals surface area contributed by atoms with Crippen LogP contribution >= 0.6 is 0 Å². The fourth-order valence-electron chi connectivity index (χ4n) is 3.95. The van der Waals surface area contributed by atoms with Crippen molar-refractivity contribution < 1.29 is 14.3 Å². The Bertz CT molecular complexity index is 979. The number of allylic oxidation sites excluding steroid dienone is 1. The summed E-state index contributed by atoms with van der Waals surface area (Å²) in [6, 6.07) is 16.4. The van der Waals surface area contributed by atoms with Gasteiger partial charge in [-0.2, -0.15) is 0 Å². The number of carbonyl (C=O) groups is 1. The summed E-state index contributed by atoms with van der Waals surface area (Å²) in [6.45, 7) is 8.22. The maximum Gasteiger partial charge on any atom is 0.409 e. The van der Waals surface area contributed by atoms with Crippen LogP contribution in [0.2, 0.25) is 0 Å². The van der Waals surface area contributed by atoms with Crippen molar-refractivity contribution in [2.24, 2.45) is 0 Å². The third-order valence-corrected chi connectivity index (χ3v) is 6.01. The Kier molecular flexibility index (Phi) is 11.1. The quantitative estimate of drug-likeness (QED) is 0.296. The van der Waals surface area contributed by atoms with E-state index in [1.807, 2.05) is 43.3 Å². The van der Waals surface area contributed by atoms with E-state index in [0.717, 1.165) is 48.7 Å². The number of anilines is 1. The monoisotopic (exact) mass is 474 g/mol. The van der Waals surface area contributed by atoms with E-state index in [4.69, 9.17) is 9.47 Å². The number of carbonyl (C=O) groups excluding carboxylic acids is 1. The van der Waals surface area contributed by atoms with Gasteiger partial charge in [-0.3, -0.25) is 0 Å². The smallest absolute Gasteiger partial charge is 0.409 e. The minimum atomic E-state index is -0.219. The highest BCUT2D eigenvalue weighted by atomic mass is 16.6. The van der Waals surface area contributed by atoms with Crippen molar-refractivity contribution >= 4 is 17.9 Å². The zero-order valence-corrected chi connectivity index (χ0v) is 21.2. The number of amides is 1. The molecule has 0 saturated carbocycles. The van der Waals surface area contributed by atoms with Crippen LogP contribution in [0.15, 0.2) is 54.6 Å².